The second kappa shape index (κ2) is 3.59. The molecule has 9 heteroatoms. The Morgan fingerprint density at radius 2 is 2.29 bits per heavy atom. The van der Waals surface area contributed by atoms with Gasteiger partial charge in [0.15, 0.2) is 0 Å². The van der Waals surface area contributed by atoms with Crippen LogP contribution in [0.25, 0.3) is 10.9 Å². The van der Waals surface area contributed by atoms with Gasteiger partial charge in [-0.2, -0.15) is 0 Å². The summed E-state index contributed by atoms with van der Waals surface area (Å²) in [5.41, 5.74) is 5.09. The molecule has 0 aliphatic heterocycles. The van der Waals surface area contributed by atoms with E-state index in [0.29, 0.717) is 0 Å². The lowest BCUT2D eigenvalue weighted by atomic mass is 10.3. The first kappa shape index (κ1) is 11.1. The van der Waals surface area contributed by atoms with Gasteiger partial charge >= 0.3 is 11.8 Å². The quantitative estimate of drug-likeness (QED) is 0.451. The highest BCUT2D eigenvalue weighted by Crippen LogP contribution is 2.36. The van der Waals surface area contributed by atoms with E-state index in [0.717, 1.165) is 4.57 Å². The molecule has 0 radical (unpaired) electrons. The van der Waals surface area contributed by atoms with Crippen LogP contribution in [-0.2, 0) is 0 Å². The summed E-state index contributed by atoms with van der Waals surface area (Å²) in [6, 6.07) is 0.452. The van der Waals surface area contributed by atoms with Gasteiger partial charge < -0.3 is 21.0 Å². The summed E-state index contributed by atoms with van der Waals surface area (Å²) in [4.78, 5) is 24.2. The summed E-state index contributed by atoms with van der Waals surface area (Å²) in [5, 5.41) is 19.9. The lowest BCUT2D eigenvalue weighted by Crippen LogP contribution is -2.18. The van der Waals surface area contributed by atoms with Crippen LogP contribution in [0, 0.1) is 10.1 Å². The molecule has 88 valence electrons. The first-order valence-electron chi connectivity index (χ1n) is 4.27. The number of pyridine rings is 1. The van der Waals surface area contributed by atoms with Crippen LogP contribution in [0.1, 0.15) is 0 Å². The molecule has 0 bridgehead atoms. The van der Waals surface area contributed by atoms with Crippen LogP contribution in [0.5, 0.6) is 5.75 Å². The monoisotopic (exact) mass is 256 g/mol. The molecule has 0 saturated carbocycles. The number of halogens is 1. The van der Waals surface area contributed by atoms with Gasteiger partial charge in [-0.25, -0.2) is 4.79 Å². The Morgan fingerprint density at radius 1 is 1.65 bits per heavy atom. The lowest BCUT2D eigenvalue weighted by Gasteiger charge is -2.01. The minimum atomic E-state index is -0.873. The fourth-order valence-electron chi connectivity index (χ4n) is 1.46. The average molecular weight is 257 g/mol. The molecule has 0 spiro atoms. The molecule has 17 heavy (non-hydrogen) atoms. The number of aromatic hydroxyl groups is 1. The number of hydrogen-bond donors (Lipinski definition) is 2. The lowest BCUT2D eigenvalue weighted by molar-refractivity contribution is -0.390. The van der Waals surface area contributed by atoms with Gasteiger partial charge in [-0.3, -0.25) is 4.57 Å². The van der Waals surface area contributed by atoms with Gasteiger partial charge in [0, 0.05) is 6.20 Å². The van der Waals surface area contributed by atoms with Crippen LogP contribution < -0.4 is 5.73 Å². The molecule has 0 aliphatic rings. The summed E-state index contributed by atoms with van der Waals surface area (Å²) >= 11 is 5.71. The van der Waals surface area contributed by atoms with Crippen LogP contribution in [0.4, 0.5) is 10.6 Å². The van der Waals surface area contributed by atoms with Crippen molar-refractivity contribution in [2.75, 3.05) is 0 Å². The van der Waals surface area contributed by atoms with Gasteiger partial charge in [0.1, 0.15) is 5.52 Å². The summed E-state index contributed by atoms with van der Waals surface area (Å²) in [6.45, 7) is 0. The highest BCUT2D eigenvalue weighted by molar-refractivity contribution is 6.34. The number of hydrogen-bond acceptors (Lipinski definition) is 5. The third-order valence-electron chi connectivity index (χ3n) is 2.16. The van der Waals surface area contributed by atoms with Crippen molar-refractivity contribution in [1.82, 2.24) is 9.55 Å². The smallest absolute Gasteiger partial charge is 0.408 e. The number of nitrogens with zero attached hydrogens (tertiary/aromatic N) is 3. The van der Waals surface area contributed by atoms with Gasteiger partial charge in [-0.15, -0.1) is 0 Å². The molecule has 1 amide bonds. The fourth-order valence-corrected chi connectivity index (χ4v) is 1.74. The first-order chi connectivity index (χ1) is 7.93. The SMILES string of the molecule is NC(=O)n1ccc2c(O)c([N+](=O)[O-])nc(Cl)c21. The van der Waals surface area contributed by atoms with E-state index in [2.05, 4.69) is 4.98 Å². The zero-order valence-electron chi connectivity index (χ0n) is 8.12. The van der Waals surface area contributed by atoms with E-state index in [9.17, 15) is 20.0 Å². The average Bonchev–Trinajstić information content (AvgIpc) is 2.67. The zero-order chi connectivity index (χ0) is 12.7. The molecule has 0 aromatic carbocycles. The summed E-state index contributed by atoms with van der Waals surface area (Å²) in [6.07, 6.45) is 1.24. The predicted molar refractivity (Wildman–Crippen MR) is 58.0 cm³/mol. The standard InChI is InChI=1S/C8H5ClN4O4/c9-6-4-3(1-2-12(4)8(10)15)5(14)7(11-6)13(16)17/h1-2,14H,(H2,10,15). The van der Waals surface area contributed by atoms with Crippen LogP contribution >= 0.6 is 11.6 Å². The summed E-state index contributed by atoms with van der Waals surface area (Å²) in [7, 11) is 0. The van der Waals surface area contributed by atoms with E-state index in [1.54, 1.807) is 0 Å². The maximum atomic E-state index is 11.0. The van der Waals surface area contributed by atoms with E-state index < -0.39 is 22.5 Å². The zero-order valence-corrected chi connectivity index (χ0v) is 8.88. The number of aromatic nitrogens is 2. The van der Waals surface area contributed by atoms with Crippen molar-refractivity contribution in [3.63, 3.8) is 0 Å². The third kappa shape index (κ3) is 1.54. The van der Waals surface area contributed by atoms with Crippen molar-refractivity contribution in [3.8, 4) is 5.75 Å². The molecule has 0 fully saturated rings. The second-order valence-corrected chi connectivity index (χ2v) is 3.48. The molecule has 8 nitrogen and oxygen atoms in total. The normalized spacial score (nSPS) is 10.6. The van der Waals surface area contributed by atoms with E-state index in [4.69, 9.17) is 17.3 Å². The number of fused-ring (bicyclic) bond motifs is 1. The molecular formula is C8H5ClN4O4. The Hall–Kier alpha value is -2.35. The summed E-state index contributed by atoms with van der Waals surface area (Å²) in [5.74, 6) is -1.43. The van der Waals surface area contributed by atoms with Crippen LogP contribution in [0.3, 0.4) is 0 Å². The first-order valence-corrected chi connectivity index (χ1v) is 4.65. The van der Waals surface area contributed by atoms with Gasteiger partial charge in [0.25, 0.3) is 5.15 Å². The maximum absolute atomic E-state index is 11.0. The van der Waals surface area contributed by atoms with E-state index >= 15 is 0 Å². The Morgan fingerprint density at radius 3 is 2.82 bits per heavy atom. The highest BCUT2D eigenvalue weighted by Gasteiger charge is 2.25. The van der Waals surface area contributed by atoms with Crippen LogP contribution in [0.2, 0.25) is 5.15 Å². The van der Waals surface area contributed by atoms with Crippen molar-refractivity contribution in [3.05, 3.63) is 27.5 Å². The molecule has 2 aromatic heterocycles. The topological polar surface area (TPSA) is 124 Å². The van der Waals surface area contributed by atoms with E-state index in [1.165, 1.54) is 12.3 Å². The molecule has 0 atom stereocenters. The highest BCUT2D eigenvalue weighted by atomic mass is 35.5. The molecule has 0 saturated heterocycles. The van der Waals surface area contributed by atoms with Gasteiger partial charge in [0.2, 0.25) is 5.75 Å². The van der Waals surface area contributed by atoms with Crippen molar-refractivity contribution in [2.45, 2.75) is 0 Å². The van der Waals surface area contributed by atoms with Crippen LogP contribution in [-0.4, -0.2) is 25.6 Å². The Balaban J connectivity index is 2.89. The number of carbonyl (C=O) groups is 1. The van der Waals surface area contributed by atoms with Crippen molar-refractivity contribution in [1.29, 1.82) is 0 Å². The molecular weight excluding hydrogens is 252 g/mol. The Labute approximate surface area is 98.4 Å². The van der Waals surface area contributed by atoms with Gasteiger partial charge in [-0.05, 0) is 27.6 Å². The van der Waals surface area contributed by atoms with Gasteiger partial charge in [-0.1, -0.05) is 0 Å². The Bertz CT molecular complexity index is 651. The molecule has 2 rings (SSSR count). The van der Waals surface area contributed by atoms with E-state index in [-0.39, 0.29) is 16.1 Å². The van der Waals surface area contributed by atoms with Gasteiger partial charge in [0.05, 0.1) is 5.39 Å². The number of nitro groups is 1. The Kier molecular flexibility index (Phi) is 2.36. The van der Waals surface area contributed by atoms with Crippen molar-refractivity contribution >= 4 is 34.4 Å². The fraction of sp³-hybridized carbons (Fsp3) is 0. The third-order valence-corrected chi connectivity index (χ3v) is 2.43. The number of carbonyl (C=O) groups excluding carboxylic acids is 1. The van der Waals surface area contributed by atoms with Crippen LogP contribution in [0.15, 0.2) is 12.3 Å². The van der Waals surface area contributed by atoms with Crippen molar-refractivity contribution < 1.29 is 14.8 Å². The maximum Gasteiger partial charge on any atom is 0.408 e. The number of rotatable bonds is 1. The van der Waals surface area contributed by atoms with Crippen molar-refractivity contribution in [2.24, 2.45) is 5.73 Å². The molecule has 3 N–H and O–H groups in total. The second-order valence-electron chi connectivity index (χ2n) is 3.12. The minimum absolute atomic E-state index is 0.0299. The summed E-state index contributed by atoms with van der Waals surface area (Å²) < 4.78 is 0.939. The minimum Gasteiger partial charge on any atom is -0.500 e. The molecule has 2 heterocycles. The molecule has 2 aromatic rings. The largest absolute Gasteiger partial charge is 0.500 e. The number of nitrogens with two attached hydrogens (primary N) is 1. The molecule has 0 unspecified atom stereocenters. The number of primary amides is 1. The molecule has 0 aliphatic carbocycles. The number of amides is 1. The van der Waals surface area contributed by atoms with E-state index in [1.807, 2.05) is 0 Å². The predicted octanol–water partition coefficient (Wildman–Crippen LogP) is 1.23.